The molecule has 0 N–H and O–H groups in total. The molecule has 1 aliphatic rings. The van der Waals surface area contributed by atoms with Crippen LogP contribution in [0, 0.1) is 6.92 Å². The van der Waals surface area contributed by atoms with Gasteiger partial charge in [0.15, 0.2) is 11.6 Å². The van der Waals surface area contributed by atoms with Gasteiger partial charge in [-0.1, -0.05) is 35.0 Å². The first-order valence-electron chi connectivity index (χ1n) is 8.82. The molecule has 1 atom stereocenters. The maximum atomic E-state index is 6.32. The third kappa shape index (κ3) is 3.19. The van der Waals surface area contributed by atoms with E-state index in [9.17, 15) is 0 Å². The fraction of sp³-hybridized carbons (Fsp3) is 0.150. The molecule has 4 heterocycles. The van der Waals surface area contributed by atoms with E-state index < -0.39 is 0 Å². The van der Waals surface area contributed by atoms with Crippen LogP contribution in [0.1, 0.15) is 18.4 Å². The second kappa shape index (κ2) is 7.09. The highest BCUT2D eigenvalue weighted by Crippen LogP contribution is 2.36. The van der Waals surface area contributed by atoms with Crippen molar-refractivity contribution in [2.75, 3.05) is 0 Å². The third-order valence-corrected chi connectivity index (χ3v) is 6.23. The van der Waals surface area contributed by atoms with E-state index in [1.54, 1.807) is 34.8 Å². The Morgan fingerprint density at radius 3 is 2.62 bits per heavy atom. The molecule has 4 aromatic rings. The molecule has 1 aliphatic heterocycles. The highest BCUT2D eigenvalue weighted by molar-refractivity contribution is 8.00. The summed E-state index contributed by atoms with van der Waals surface area (Å²) in [7, 11) is 0. The Morgan fingerprint density at radius 2 is 1.86 bits per heavy atom. The molecule has 0 fully saturated rings. The van der Waals surface area contributed by atoms with Crippen LogP contribution in [0.15, 0.2) is 61.8 Å². The van der Waals surface area contributed by atoms with Crippen LogP contribution >= 0.6 is 35.0 Å². The topological polar surface area (TPSA) is 69.3 Å². The number of hydrogen-bond acceptors (Lipinski definition) is 6. The fourth-order valence-electron chi connectivity index (χ4n) is 3.18. The summed E-state index contributed by atoms with van der Waals surface area (Å²) in [6, 6.07) is 11.0. The van der Waals surface area contributed by atoms with E-state index in [1.807, 2.05) is 31.2 Å². The van der Waals surface area contributed by atoms with Gasteiger partial charge in [0.25, 0.3) is 0 Å². The molecular weight excluding hydrogens is 431 g/mol. The minimum absolute atomic E-state index is 0.0460. The summed E-state index contributed by atoms with van der Waals surface area (Å²) in [5.41, 5.74) is 2.43. The molecule has 5 rings (SSSR count). The van der Waals surface area contributed by atoms with Gasteiger partial charge in [0.1, 0.15) is 17.2 Å². The average Bonchev–Trinajstić information content (AvgIpc) is 3.40. The number of hydrogen-bond donors (Lipinski definition) is 0. The molecule has 0 bridgehead atoms. The van der Waals surface area contributed by atoms with E-state index in [-0.39, 0.29) is 5.25 Å². The van der Waals surface area contributed by atoms with Gasteiger partial charge < -0.3 is 8.83 Å². The molecule has 0 saturated heterocycles. The molecule has 146 valence electrons. The van der Waals surface area contributed by atoms with Gasteiger partial charge in [-0.25, -0.2) is 0 Å². The van der Waals surface area contributed by atoms with Gasteiger partial charge in [0.05, 0.1) is 22.1 Å². The van der Waals surface area contributed by atoms with Gasteiger partial charge in [0.2, 0.25) is 5.16 Å². The van der Waals surface area contributed by atoms with Crippen molar-refractivity contribution in [2.24, 2.45) is 5.10 Å². The Labute approximate surface area is 180 Å². The van der Waals surface area contributed by atoms with Crippen LogP contribution in [0.2, 0.25) is 10.0 Å². The molecule has 0 amide bonds. The summed E-state index contributed by atoms with van der Waals surface area (Å²) in [5, 5.41) is 15.3. The molecule has 0 radical (unpaired) electrons. The number of aromatic nitrogens is 3. The molecular formula is C20H14Cl2N4O2S. The summed E-state index contributed by atoms with van der Waals surface area (Å²) in [5.74, 6) is 2.72. The van der Waals surface area contributed by atoms with Crippen molar-refractivity contribution in [3.05, 3.63) is 64.2 Å². The highest BCUT2D eigenvalue weighted by atomic mass is 35.5. The number of fused-ring (bicyclic) bond motifs is 1. The van der Waals surface area contributed by atoms with Crippen molar-refractivity contribution >= 4 is 40.7 Å². The van der Waals surface area contributed by atoms with E-state index in [0.717, 1.165) is 27.8 Å². The molecule has 1 aromatic carbocycles. The largest absolute Gasteiger partial charge is 0.469 e. The van der Waals surface area contributed by atoms with Crippen LogP contribution < -0.4 is 0 Å². The Balaban J connectivity index is 1.57. The lowest BCUT2D eigenvalue weighted by Crippen LogP contribution is -2.21. The zero-order chi connectivity index (χ0) is 20.1. The maximum absolute atomic E-state index is 6.32. The molecule has 0 aliphatic carbocycles. The van der Waals surface area contributed by atoms with Gasteiger partial charge in [0, 0.05) is 10.6 Å². The molecule has 0 unspecified atom stereocenters. The predicted molar refractivity (Wildman–Crippen MR) is 114 cm³/mol. The van der Waals surface area contributed by atoms with Crippen LogP contribution in [0.3, 0.4) is 0 Å². The zero-order valence-electron chi connectivity index (χ0n) is 15.4. The van der Waals surface area contributed by atoms with Crippen molar-refractivity contribution in [3.63, 3.8) is 0 Å². The van der Waals surface area contributed by atoms with Crippen LogP contribution in [0.4, 0.5) is 0 Å². The van der Waals surface area contributed by atoms with E-state index in [1.165, 1.54) is 0 Å². The van der Waals surface area contributed by atoms with E-state index in [2.05, 4.69) is 17.1 Å². The van der Waals surface area contributed by atoms with Crippen LogP contribution in [-0.2, 0) is 0 Å². The van der Waals surface area contributed by atoms with Gasteiger partial charge >= 0.3 is 0 Å². The number of furan rings is 2. The summed E-state index contributed by atoms with van der Waals surface area (Å²) in [6.45, 7) is 3.94. The Hall–Kier alpha value is -2.48. The van der Waals surface area contributed by atoms with Crippen molar-refractivity contribution in [1.82, 2.24) is 14.9 Å². The maximum Gasteiger partial charge on any atom is 0.213 e. The van der Waals surface area contributed by atoms with Gasteiger partial charge in [-0.15, -0.1) is 10.2 Å². The number of aryl methyl sites for hydroxylation is 1. The number of halogens is 2. The lowest BCUT2D eigenvalue weighted by molar-refractivity contribution is 0.534. The smallest absolute Gasteiger partial charge is 0.213 e. The van der Waals surface area contributed by atoms with Crippen LogP contribution in [0.25, 0.3) is 22.7 Å². The standard InChI is InChI=1S/C20H14Cl2N4O2S/c1-10-13(7-8-27-10)19-23-24-20-26(19)25-18(11(2)29-20)17-6-5-16(28-17)14-4-3-12(21)9-15(14)22/h3-9,11H,1-2H3/t11-/m0/s1. The van der Waals surface area contributed by atoms with Crippen LogP contribution in [-0.4, -0.2) is 25.8 Å². The first-order chi connectivity index (χ1) is 14.0. The van der Waals surface area contributed by atoms with Crippen LogP contribution in [0.5, 0.6) is 0 Å². The van der Waals surface area contributed by atoms with Crippen molar-refractivity contribution in [1.29, 1.82) is 0 Å². The Bertz CT molecular complexity index is 1260. The highest BCUT2D eigenvalue weighted by Gasteiger charge is 2.29. The lowest BCUT2D eigenvalue weighted by Gasteiger charge is -2.18. The third-order valence-electron chi connectivity index (χ3n) is 4.64. The minimum atomic E-state index is 0.0460. The number of benzene rings is 1. The van der Waals surface area contributed by atoms with E-state index >= 15 is 0 Å². The predicted octanol–water partition coefficient (Wildman–Crippen LogP) is 6.16. The van der Waals surface area contributed by atoms with Gasteiger partial charge in [-0.2, -0.15) is 9.78 Å². The summed E-state index contributed by atoms with van der Waals surface area (Å²) in [4.78, 5) is 0. The monoisotopic (exact) mass is 444 g/mol. The van der Waals surface area contributed by atoms with Gasteiger partial charge in [-0.3, -0.25) is 0 Å². The number of thioether (sulfide) groups is 1. The lowest BCUT2D eigenvalue weighted by atomic mass is 10.2. The number of nitrogens with zero attached hydrogens (tertiary/aromatic N) is 4. The van der Waals surface area contributed by atoms with Crippen molar-refractivity contribution < 1.29 is 8.83 Å². The first kappa shape index (κ1) is 18.5. The Kier molecular flexibility index (Phi) is 4.53. The molecule has 6 nitrogen and oxygen atoms in total. The normalized spacial score (nSPS) is 16.0. The minimum Gasteiger partial charge on any atom is -0.469 e. The molecule has 9 heteroatoms. The van der Waals surface area contributed by atoms with E-state index in [0.29, 0.717) is 27.4 Å². The molecule has 0 saturated carbocycles. The molecule has 29 heavy (non-hydrogen) atoms. The quantitative estimate of drug-likeness (QED) is 0.378. The van der Waals surface area contributed by atoms with Gasteiger partial charge in [-0.05, 0) is 50.2 Å². The number of rotatable bonds is 3. The summed E-state index contributed by atoms with van der Waals surface area (Å²) < 4.78 is 13.2. The molecule has 3 aromatic heterocycles. The summed E-state index contributed by atoms with van der Waals surface area (Å²) in [6.07, 6.45) is 1.63. The molecule has 0 spiro atoms. The average molecular weight is 445 g/mol. The second-order valence-corrected chi connectivity index (χ2v) is 8.69. The SMILES string of the molecule is Cc1occc1-c1nnc2n1N=C(c1ccc(-c3ccc(Cl)cc3Cl)o1)[C@H](C)S2. The first-order valence-corrected chi connectivity index (χ1v) is 10.5. The zero-order valence-corrected chi connectivity index (χ0v) is 17.7. The Morgan fingerprint density at radius 1 is 1.03 bits per heavy atom. The summed E-state index contributed by atoms with van der Waals surface area (Å²) >= 11 is 13.9. The van der Waals surface area contributed by atoms with E-state index in [4.69, 9.17) is 37.1 Å². The van der Waals surface area contributed by atoms with Crippen molar-refractivity contribution in [3.8, 4) is 22.7 Å². The van der Waals surface area contributed by atoms with Crippen molar-refractivity contribution in [2.45, 2.75) is 24.3 Å². The second-order valence-electron chi connectivity index (χ2n) is 6.54. The fourth-order valence-corrected chi connectivity index (χ4v) is 4.58.